The van der Waals surface area contributed by atoms with Crippen molar-refractivity contribution in [2.45, 2.75) is 51.5 Å². The van der Waals surface area contributed by atoms with E-state index in [1.807, 2.05) is 6.92 Å². The molecule has 0 aromatic rings. The largest absolute Gasteiger partial charge is 0.272 e. The zero-order valence-electron chi connectivity index (χ0n) is 9.16. The standard InChI is InChI=1S/C12H17NO2/c1-2-9-8-11(14)13(12(9)15)10-6-4-3-5-7-10/h8,10H,2-7H2,1H3. The first kappa shape index (κ1) is 10.4. The van der Waals surface area contributed by atoms with E-state index in [0.717, 1.165) is 25.7 Å². The molecule has 3 heteroatoms. The summed E-state index contributed by atoms with van der Waals surface area (Å²) in [6.07, 6.45) is 7.67. The number of imide groups is 1. The van der Waals surface area contributed by atoms with E-state index in [-0.39, 0.29) is 17.9 Å². The van der Waals surface area contributed by atoms with Crippen LogP contribution in [-0.4, -0.2) is 22.8 Å². The Balaban J connectivity index is 2.11. The molecule has 0 unspecified atom stereocenters. The van der Waals surface area contributed by atoms with Crippen LogP contribution in [0.1, 0.15) is 45.4 Å². The molecule has 0 saturated heterocycles. The molecule has 0 bridgehead atoms. The first-order chi connectivity index (χ1) is 7.24. The molecule has 0 aromatic heterocycles. The molecule has 0 atom stereocenters. The SMILES string of the molecule is CCC1=CC(=O)N(C2CCCCC2)C1=O. The van der Waals surface area contributed by atoms with E-state index in [4.69, 9.17) is 0 Å². The van der Waals surface area contributed by atoms with Crippen molar-refractivity contribution in [3.63, 3.8) is 0 Å². The average molecular weight is 207 g/mol. The summed E-state index contributed by atoms with van der Waals surface area (Å²) in [6.45, 7) is 1.92. The van der Waals surface area contributed by atoms with Crippen molar-refractivity contribution in [3.8, 4) is 0 Å². The molecule has 1 heterocycles. The minimum atomic E-state index is -0.0937. The highest BCUT2D eigenvalue weighted by molar-refractivity contribution is 6.16. The first-order valence-electron chi connectivity index (χ1n) is 5.82. The Hall–Kier alpha value is -1.12. The number of rotatable bonds is 2. The van der Waals surface area contributed by atoms with Crippen LogP contribution in [0.2, 0.25) is 0 Å². The lowest BCUT2D eigenvalue weighted by Crippen LogP contribution is -2.41. The Bertz CT molecular complexity index is 314. The number of nitrogens with zero attached hydrogens (tertiary/aromatic N) is 1. The molecule has 0 spiro atoms. The summed E-state index contributed by atoms with van der Waals surface area (Å²) >= 11 is 0. The quantitative estimate of drug-likeness (QED) is 0.650. The van der Waals surface area contributed by atoms with Gasteiger partial charge in [-0.25, -0.2) is 0 Å². The summed E-state index contributed by atoms with van der Waals surface area (Å²) in [4.78, 5) is 25.0. The van der Waals surface area contributed by atoms with E-state index in [1.165, 1.54) is 17.4 Å². The van der Waals surface area contributed by atoms with Gasteiger partial charge in [-0.2, -0.15) is 0 Å². The number of amides is 2. The van der Waals surface area contributed by atoms with Crippen LogP contribution in [0.15, 0.2) is 11.6 Å². The maximum absolute atomic E-state index is 11.9. The normalized spacial score (nSPS) is 23.5. The van der Waals surface area contributed by atoms with Gasteiger partial charge in [0.2, 0.25) is 0 Å². The van der Waals surface area contributed by atoms with Crippen LogP contribution >= 0.6 is 0 Å². The van der Waals surface area contributed by atoms with Crippen LogP contribution in [0.3, 0.4) is 0 Å². The van der Waals surface area contributed by atoms with E-state index in [1.54, 1.807) is 0 Å². The topological polar surface area (TPSA) is 37.4 Å². The summed E-state index contributed by atoms with van der Waals surface area (Å²) in [5.74, 6) is -0.141. The van der Waals surface area contributed by atoms with Crippen molar-refractivity contribution in [2.75, 3.05) is 0 Å². The number of carbonyl (C=O) groups is 2. The second kappa shape index (κ2) is 4.17. The van der Waals surface area contributed by atoms with Gasteiger partial charge in [-0.05, 0) is 19.3 Å². The summed E-state index contributed by atoms with van der Waals surface area (Å²) in [7, 11) is 0. The molecule has 2 aliphatic rings. The summed E-state index contributed by atoms with van der Waals surface area (Å²) in [5, 5.41) is 0. The van der Waals surface area contributed by atoms with E-state index < -0.39 is 0 Å². The smallest absolute Gasteiger partial charge is 0.257 e. The molecule has 1 fully saturated rings. The van der Waals surface area contributed by atoms with Crippen LogP contribution in [-0.2, 0) is 9.59 Å². The predicted octanol–water partition coefficient (Wildman–Crippen LogP) is 2.02. The van der Waals surface area contributed by atoms with Crippen molar-refractivity contribution in [2.24, 2.45) is 0 Å². The fourth-order valence-electron chi connectivity index (χ4n) is 2.47. The minimum Gasteiger partial charge on any atom is -0.272 e. The molecule has 0 radical (unpaired) electrons. The van der Waals surface area contributed by atoms with Gasteiger partial charge in [0, 0.05) is 17.7 Å². The lowest BCUT2D eigenvalue weighted by Gasteiger charge is -2.29. The average Bonchev–Trinajstić information content (AvgIpc) is 2.55. The van der Waals surface area contributed by atoms with E-state index in [2.05, 4.69) is 0 Å². The molecule has 1 aliphatic heterocycles. The van der Waals surface area contributed by atoms with Crippen molar-refractivity contribution in [1.82, 2.24) is 4.90 Å². The Morgan fingerprint density at radius 2 is 1.93 bits per heavy atom. The fourth-order valence-corrected chi connectivity index (χ4v) is 2.47. The molecule has 82 valence electrons. The lowest BCUT2D eigenvalue weighted by atomic mass is 9.94. The number of hydrogen-bond acceptors (Lipinski definition) is 2. The summed E-state index contributed by atoms with van der Waals surface area (Å²) in [5.41, 5.74) is 0.672. The Morgan fingerprint density at radius 1 is 1.27 bits per heavy atom. The van der Waals surface area contributed by atoms with Crippen LogP contribution in [0.25, 0.3) is 0 Å². The van der Waals surface area contributed by atoms with Crippen molar-refractivity contribution in [1.29, 1.82) is 0 Å². The molecular weight excluding hydrogens is 190 g/mol. The van der Waals surface area contributed by atoms with Gasteiger partial charge < -0.3 is 0 Å². The Morgan fingerprint density at radius 3 is 2.47 bits per heavy atom. The molecule has 1 saturated carbocycles. The summed E-state index contributed by atoms with van der Waals surface area (Å²) in [6, 6.07) is 0.166. The number of carbonyl (C=O) groups excluding carboxylic acids is 2. The van der Waals surface area contributed by atoms with Crippen LogP contribution in [0, 0.1) is 0 Å². The lowest BCUT2D eigenvalue weighted by molar-refractivity contribution is -0.140. The first-order valence-corrected chi connectivity index (χ1v) is 5.82. The van der Waals surface area contributed by atoms with Gasteiger partial charge in [0.25, 0.3) is 11.8 Å². The minimum absolute atomic E-state index is 0.0469. The van der Waals surface area contributed by atoms with Crippen molar-refractivity contribution >= 4 is 11.8 Å². The molecule has 0 aromatic carbocycles. The molecule has 3 nitrogen and oxygen atoms in total. The number of hydrogen-bond donors (Lipinski definition) is 0. The van der Waals surface area contributed by atoms with E-state index in [0.29, 0.717) is 12.0 Å². The monoisotopic (exact) mass is 207 g/mol. The fraction of sp³-hybridized carbons (Fsp3) is 0.667. The van der Waals surface area contributed by atoms with Crippen molar-refractivity contribution in [3.05, 3.63) is 11.6 Å². The van der Waals surface area contributed by atoms with Gasteiger partial charge in [0.15, 0.2) is 0 Å². The van der Waals surface area contributed by atoms with Gasteiger partial charge in [-0.3, -0.25) is 14.5 Å². The van der Waals surface area contributed by atoms with Gasteiger partial charge in [-0.15, -0.1) is 0 Å². The highest BCUT2D eigenvalue weighted by Crippen LogP contribution is 2.27. The molecule has 1 aliphatic carbocycles. The molecule has 0 N–H and O–H groups in total. The second-order valence-electron chi connectivity index (χ2n) is 4.33. The van der Waals surface area contributed by atoms with Crippen LogP contribution in [0.5, 0.6) is 0 Å². The third-order valence-electron chi connectivity index (χ3n) is 3.35. The van der Waals surface area contributed by atoms with Crippen LogP contribution in [0.4, 0.5) is 0 Å². The van der Waals surface area contributed by atoms with Crippen LogP contribution < -0.4 is 0 Å². The third kappa shape index (κ3) is 1.83. The molecule has 15 heavy (non-hydrogen) atoms. The maximum atomic E-state index is 11.9. The van der Waals surface area contributed by atoms with Gasteiger partial charge in [0.05, 0.1) is 0 Å². The Labute approximate surface area is 90.1 Å². The maximum Gasteiger partial charge on any atom is 0.257 e. The Kier molecular flexibility index (Phi) is 2.89. The summed E-state index contributed by atoms with van der Waals surface area (Å²) < 4.78 is 0. The van der Waals surface area contributed by atoms with Crippen molar-refractivity contribution < 1.29 is 9.59 Å². The zero-order chi connectivity index (χ0) is 10.8. The van der Waals surface area contributed by atoms with Gasteiger partial charge >= 0.3 is 0 Å². The zero-order valence-corrected chi connectivity index (χ0v) is 9.16. The molecular formula is C12H17NO2. The predicted molar refractivity (Wildman–Crippen MR) is 57.1 cm³/mol. The third-order valence-corrected chi connectivity index (χ3v) is 3.35. The molecule has 2 amide bonds. The van der Waals surface area contributed by atoms with Gasteiger partial charge in [0.1, 0.15) is 0 Å². The highest BCUT2D eigenvalue weighted by atomic mass is 16.2. The van der Waals surface area contributed by atoms with Gasteiger partial charge in [-0.1, -0.05) is 26.2 Å². The van der Waals surface area contributed by atoms with E-state index >= 15 is 0 Å². The second-order valence-corrected chi connectivity index (χ2v) is 4.33. The molecule has 2 rings (SSSR count). The highest BCUT2D eigenvalue weighted by Gasteiger charge is 2.35. The van der Waals surface area contributed by atoms with E-state index in [9.17, 15) is 9.59 Å².